The van der Waals surface area contributed by atoms with E-state index in [1.165, 1.54) is 0 Å². The van der Waals surface area contributed by atoms with Crippen molar-refractivity contribution >= 4 is 0 Å². The minimum absolute atomic E-state index is 0.846. The highest BCUT2D eigenvalue weighted by atomic mass is 16.5. The zero-order valence-corrected chi connectivity index (χ0v) is 12.6. The van der Waals surface area contributed by atoms with Crippen LogP contribution in [0, 0.1) is 0 Å². The van der Waals surface area contributed by atoms with E-state index in [1.54, 1.807) is 14.2 Å². The quantitative estimate of drug-likeness (QED) is 0.712. The third-order valence-electron chi connectivity index (χ3n) is 3.62. The zero-order chi connectivity index (χ0) is 15.4. The Morgan fingerprint density at radius 1 is 0.636 bits per heavy atom. The molecule has 0 aliphatic rings. The highest BCUT2D eigenvalue weighted by Crippen LogP contribution is 2.32. The normalized spacial score (nSPS) is 10.3. The van der Waals surface area contributed by atoms with Crippen LogP contribution >= 0.6 is 0 Å². The van der Waals surface area contributed by atoms with Gasteiger partial charge in [-0.2, -0.15) is 0 Å². The molecule has 0 aliphatic heterocycles. The smallest absolute Gasteiger partial charge is 0.118 e. The molecule has 0 atom stereocenters. The Labute approximate surface area is 130 Å². The maximum Gasteiger partial charge on any atom is 0.118 e. The minimum Gasteiger partial charge on any atom is -0.497 e. The van der Waals surface area contributed by atoms with Crippen molar-refractivity contribution in [2.75, 3.05) is 14.2 Å². The van der Waals surface area contributed by atoms with E-state index < -0.39 is 0 Å². The van der Waals surface area contributed by atoms with Crippen molar-refractivity contribution in [1.29, 1.82) is 0 Å². The summed E-state index contributed by atoms with van der Waals surface area (Å²) in [5.41, 5.74) is 4.48. The SMILES string of the molecule is COc1ccc(-c2ccncc2-c2ccc(OC)cc2)cc1. The summed E-state index contributed by atoms with van der Waals surface area (Å²) in [6, 6.07) is 18.1. The number of hydrogen-bond acceptors (Lipinski definition) is 3. The van der Waals surface area contributed by atoms with Crippen molar-refractivity contribution in [3.63, 3.8) is 0 Å². The number of rotatable bonds is 4. The number of pyridine rings is 1. The summed E-state index contributed by atoms with van der Waals surface area (Å²) in [5, 5.41) is 0. The van der Waals surface area contributed by atoms with Gasteiger partial charge in [-0.15, -0.1) is 0 Å². The number of benzene rings is 2. The Morgan fingerprint density at radius 2 is 1.14 bits per heavy atom. The van der Waals surface area contributed by atoms with Crippen LogP contribution in [0.2, 0.25) is 0 Å². The van der Waals surface area contributed by atoms with E-state index in [2.05, 4.69) is 17.1 Å². The number of nitrogens with zero attached hydrogens (tertiary/aromatic N) is 1. The summed E-state index contributed by atoms with van der Waals surface area (Å²) < 4.78 is 10.4. The van der Waals surface area contributed by atoms with E-state index in [0.717, 1.165) is 33.8 Å². The Morgan fingerprint density at radius 3 is 1.64 bits per heavy atom. The van der Waals surface area contributed by atoms with Crippen LogP contribution in [-0.2, 0) is 0 Å². The van der Waals surface area contributed by atoms with Gasteiger partial charge in [0, 0.05) is 18.0 Å². The second kappa shape index (κ2) is 6.31. The van der Waals surface area contributed by atoms with Crippen molar-refractivity contribution in [3.05, 3.63) is 67.0 Å². The van der Waals surface area contributed by atoms with Gasteiger partial charge in [0.1, 0.15) is 11.5 Å². The number of methoxy groups -OCH3 is 2. The van der Waals surface area contributed by atoms with E-state index in [-0.39, 0.29) is 0 Å². The Kier molecular flexibility index (Phi) is 4.05. The summed E-state index contributed by atoms with van der Waals surface area (Å²) >= 11 is 0. The zero-order valence-electron chi connectivity index (χ0n) is 12.6. The van der Waals surface area contributed by atoms with Gasteiger partial charge in [0.25, 0.3) is 0 Å². The molecule has 0 saturated heterocycles. The molecular formula is C19H17NO2. The molecule has 1 heterocycles. The van der Waals surface area contributed by atoms with Crippen LogP contribution in [-0.4, -0.2) is 19.2 Å². The molecule has 0 saturated carbocycles. The summed E-state index contributed by atoms with van der Waals surface area (Å²) in [5.74, 6) is 1.70. The second-order valence-corrected chi connectivity index (χ2v) is 4.88. The fourth-order valence-electron chi connectivity index (χ4n) is 2.42. The van der Waals surface area contributed by atoms with Gasteiger partial charge in [-0.05, 0) is 47.0 Å². The maximum absolute atomic E-state index is 5.22. The average Bonchev–Trinajstić information content (AvgIpc) is 2.62. The van der Waals surface area contributed by atoms with Gasteiger partial charge in [0.2, 0.25) is 0 Å². The van der Waals surface area contributed by atoms with Crippen LogP contribution in [0.4, 0.5) is 0 Å². The Bertz CT molecular complexity index is 683. The largest absolute Gasteiger partial charge is 0.497 e. The minimum atomic E-state index is 0.846. The molecule has 2 aromatic carbocycles. The number of hydrogen-bond donors (Lipinski definition) is 0. The first-order valence-electron chi connectivity index (χ1n) is 7.04. The van der Waals surface area contributed by atoms with Gasteiger partial charge in [-0.3, -0.25) is 4.98 Å². The van der Waals surface area contributed by atoms with Crippen molar-refractivity contribution in [2.45, 2.75) is 0 Å². The summed E-state index contributed by atoms with van der Waals surface area (Å²) in [4.78, 5) is 4.27. The lowest BCUT2D eigenvalue weighted by Crippen LogP contribution is -1.88. The molecule has 3 nitrogen and oxygen atoms in total. The maximum atomic E-state index is 5.22. The molecule has 0 aliphatic carbocycles. The van der Waals surface area contributed by atoms with Gasteiger partial charge in [-0.25, -0.2) is 0 Å². The van der Waals surface area contributed by atoms with Crippen molar-refractivity contribution in [1.82, 2.24) is 4.98 Å². The molecule has 3 aromatic rings. The van der Waals surface area contributed by atoms with Gasteiger partial charge >= 0.3 is 0 Å². The van der Waals surface area contributed by atoms with Crippen LogP contribution in [0.3, 0.4) is 0 Å². The lowest BCUT2D eigenvalue weighted by Gasteiger charge is -2.10. The molecule has 3 rings (SSSR count). The molecule has 0 amide bonds. The molecule has 0 unspecified atom stereocenters. The average molecular weight is 291 g/mol. The number of aromatic nitrogens is 1. The fourth-order valence-corrected chi connectivity index (χ4v) is 2.42. The van der Waals surface area contributed by atoms with Gasteiger partial charge in [-0.1, -0.05) is 24.3 Å². The van der Waals surface area contributed by atoms with Gasteiger partial charge in [0.15, 0.2) is 0 Å². The molecule has 22 heavy (non-hydrogen) atoms. The lowest BCUT2D eigenvalue weighted by molar-refractivity contribution is 0.414. The van der Waals surface area contributed by atoms with E-state index in [9.17, 15) is 0 Å². The third kappa shape index (κ3) is 2.79. The lowest BCUT2D eigenvalue weighted by atomic mass is 9.96. The van der Waals surface area contributed by atoms with Gasteiger partial charge < -0.3 is 9.47 Å². The molecule has 0 fully saturated rings. The van der Waals surface area contributed by atoms with E-state index >= 15 is 0 Å². The van der Waals surface area contributed by atoms with Crippen LogP contribution in [0.25, 0.3) is 22.3 Å². The van der Waals surface area contributed by atoms with Crippen molar-refractivity contribution in [3.8, 4) is 33.8 Å². The van der Waals surface area contributed by atoms with Crippen LogP contribution in [0.5, 0.6) is 11.5 Å². The van der Waals surface area contributed by atoms with E-state index in [4.69, 9.17) is 9.47 Å². The summed E-state index contributed by atoms with van der Waals surface area (Å²) in [6.45, 7) is 0. The summed E-state index contributed by atoms with van der Waals surface area (Å²) in [7, 11) is 3.34. The predicted molar refractivity (Wildman–Crippen MR) is 88.2 cm³/mol. The molecule has 1 aromatic heterocycles. The standard InChI is InChI=1S/C19H17NO2/c1-21-16-7-3-14(4-8-16)18-11-12-20-13-19(18)15-5-9-17(22-2)10-6-15/h3-13H,1-2H3. The first-order valence-corrected chi connectivity index (χ1v) is 7.04. The van der Waals surface area contributed by atoms with Crippen LogP contribution in [0.15, 0.2) is 67.0 Å². The fraction of sp³-hybridized carbons (Fsp3) is 0.105. The third-order valence-corrected chi connectivity index (χ3v) is 3.62. The van der Waals surface area contributed by atoms with E-state index in [0.29, 0.717) is 0 Å². The predicted octanol–water partition coefficient (Wildman–Crippen LogP) is 4.43. The van der Waals surface area contributed by atoms with Crippen LogP contribution in [0.1, 0.15) is 0 Å². The Balaban J connectivity index is 2.04. The van der Waals surface area contributed by atoms with Gasteiger partial charge in [0.05, 0.1) is 14.2 Å². The Hall–Kier alpha value is -2.81. The molecule has 0 spiro atoms. The molecule has 0 bridgehead atoms. The second-order valence-electron chi connectivity index (χ2n) is 4.88. The molecule has 0 radical (unpaired) electrons. The van der Waals surface area contributed by atoms with E-state index in [1.807, 2.05) is 54.9 Å². The summed E-state index contributed by atoms with van der Waals surface area (Å²) in [6.07, 6.45) is 3.70. The van der Waals surface area contributed by atoms with Crippen molar-refractivity contribution < 1.29 is 9.47 Å². The first kappa shape index (κ1) is 14.1. The molecular weight excluding hydrogens is 274 g/mol. The monoisotopic (exact) mass is 291 g/mol. The van der Waals surface area contributed by atoms with Crippen LogP contribution < -0.4 is 9.47 Å². The molecule has 0 N–H and O–H groups in total. The first-order chi connectivity index (χ1) is 10.8. The highest BCUT2D eigenvalue weighted by Gasteiger charge is 2.08. The number of ether oxygens (including phenoxy) is 2. The highest BCUT2D eigenvalue weighted by molar-refractivity contribution is 5.83. The molecule has 3 heteroatoms. The van der Waals surface area contributed by atoms with Crippen molar-refractivity contribution in [2.24, 2.45) is 0 Å². The topological polar surface area (TPSA) is 31.4 Å². The molecule has 110 valence electrons.